The van der Waals surface area contributed by atoms with E-state index in [-0.39, 0.29) is 6.04 Å². The van der Waals surface area contributed by atoms with E-state index in [9.17, 15) is 8.42 Å². The Labute approximate surface area is 187 Å². The van der Waals surface area contributed by atoms with Gasteiger partial charge in [-0.05, 0) is 58.4 Å². The number of benzene rings is 1. The van der Waals surface area contributed by atoms with Crippen LogP contribution in [0.2, 0.25) is 0 Å². The predicted molar refractivity (Wildman–Crippen MR) is 126 cm³/mol. The largest absolute Gasteiger partial charge is 0.366 e. The first-order valence-corrected chi connectivity index (χ1v) is 13.1. The summed E-state index contributed by atoms with van der Waals surface area (Å²) in [7, 11) is -3.54. The molecule has 0 N–H and O–H groups in total. The lowest BCUT2D eigenvalue weighted by molar-refractivity contribution is 0.342. The van der Waals surface area contributed by atoms with Crippen LogP contribution in [0, 0.1) is 27.7 Å². The van der Waals surface area contributed by atoms with Gasteiger partial charge in [-0.15, -0.1) is 22.7 Å². The van der Waals surface area contributed by atoms with Crippen LogP contribution >= 0.6 is 22.7 Å². The van der Waals surface area contributed by atoms with Crippen molar-refractivity contribution in [1.82, 2.24) is 9.29 Å². The second kappa shape index (κ2) is 8.07. The Bertz CT molecular complexity index is 1160. The van der Waals surface area contributed by atoms with Gasteiger partial charge in [0.05, 0.1) is 15.5 Å². The summed E-state index contributed by atoms with van der Waals surface area (Å²) in [4.78, 5) is 10.2. The van der Waals surface area contributed by atoms with Crippen LogP contribution in [0.5, 0.6) is 0 Å². The van der Waals surface area contributed by atoms with Crippen molar-refractivity contribution < 1.29 is 8.42 Å². The number of hydrogen-bond donors (Lipinski definition) is 0. The van der Waals surface area contributed by atoms with Gasteiger partial charge in [0.1, 0.15) is 5.01 Å². The lowest BCUT2D eigenvalue weighted by Crippen LogP contribution is -2.53. The van der Waals surface area contributed by atoms with Crippen LogP contribution in [0.4, 0.5) is 5.69 Å². The van der Waals surface area contributed by atoms with E-state index in [1.165, 1.54) is 21.8 Å². The van der Waals surface area contributed by atoms with Gasteiger partial charge >= 0.3 is 0 Å². The summed E-state index contributed by atoms with van der Waals surface area (Å²) in [6.45, 7) is 11.8. The van der Waals surface area contributed by atoms with Gasteiger partial charge in [-0.25, -0.2) is 13.4 Å². The number of sulfonamides is 1. The summed E-state index contributed by atoms with van der Waals surface area (Å²) in [5, 5.41) is 0.900. The Morgan fingerprint density at radius 2 is 1.80 bits per heavy atom. The SMILES string of the molecule is Cc1cccc(N2CCN(S(=O)(=O)c3cc(-c4nc(C)c(C)s4)sc3C)C[C@H]2C)c1. The summed E-state index contributed by atoms with van der Waals surface area (Å²) < 4.78 is 28.6. The van der Waals surface area contributed by atoms with Gasteiger partial charge in [0.15, 0.2) is 0 Å². The zero-order valence-electron chi connectivity index (χ0n) is 18.0. The lowest BCUT2D eigenvalue weighted by atomic mass is 10.1. The van der Waals surface area contributed by atoms with Crippen LogP contribution in [0.25, 0.3) is 9.88 Å². The summed E-state index contributed by atoms with van der Waals surface area (Å²) >= 11 is 3.13. The third-order valence-electron chi connectivity index (χ3n) is 5.65. The van der Waals surface area contributed by atoms with Crippen molar-refractivity contribution >= 4 is 38.4 Å². The normalized spacial score (nSPS) is 18.2. The number of nitrogens with zero attached hydrogens (tertiary/aromatic N) is 3. The zero-order chi connectivity index (χ0) is 21.6. The number of thiophene rings is 1. The maximum atomic E-state index is 13.5. The average molecular weight is 462 g/mol. The second-order valence-corrected chi connectivity index (χ2v) is 12.3. The van der Waals surface area contributed by atoms with Crippen molar-refractivity contribution in [3.8, 4) is 9.88 Å². The highest BCUT2D eigenvalue weighted by Crippen LogP contribution is 2.38. The molecule has 0 radical (unpaired) electrons. The number of hydrogen-bond acceptors (Lipinski definition) is 6. The van der Waals surface area contributed by atoms with Crippen molar-refractivity contribution in [3.63, 3.8) is 0 Å². The molecule has 1 atom stereocenters. The summed E-state index contributed by atoms with van der Waals surface area (Å²) in [6, 6.07) is 10.3. The first-order chi connectivity index (χ1) is 14.2. The molecule has 1 aliphatic rings. The van der Waals surface area contributed by atoms with Crippen LogP contribution in [-0.2, 0) is 10.0 Å². The van der Waals surface area contributed by atoms with E-state index in [2.05, 4.69) is 48.0 Å². The first kappa shape index (κ1) is 21.5. The van der Waals surface area contributed by atoms with Crippen molar-refractivity contribution in [2.75, 3.05) is 24.5 Å². The van der Waals surface area contributed by atoms with E-state index in [1.807, 2.05) is 26.8 Å². The highest BCUT2D eigenvalue weighted by Gasteiger charge is 2.34. The van der Waals surface area contributed by atoms with Crippen LogP contribution in [0.15, 0.2) is 35.2 Å². The molecule has 5 nitrogen and oxygen atoms in total. The lowest BCUT2D eigenvalue weighted by Gasteiger charge is -2.40. The van der Waals surface area contributed by atoms with E-state index in [0.29, 0.717) is 24.5 Å². The molecule has 3 heterocycles. The zero-order valence-corrected chi connectivity index (χ0v) is 20.4. The minimum Gasteiger partial charge on any atom is -0.366 e. The Morgan fingerprint density at radius 1 is 1.03 bits per heavy atom. The summed E-state index contributed by atoms with van der Waals surface area (Å²) in [5.74, 6) is 0. The first-order valence-electron chi connectivity index (χ1n) is 10.0. The number of rotatable bonds is 4. The molecule has 0 amide bonds. The van der Waals surface area contributed by atoms with Crippen molar-refractivity contribution in [3.05, 3.63) is 51.3 Å². The fourth-order valence-electron chi connectivity index (χ4n) is 3.88. The van der Waals surface area contributed by atoms with Gasteiger partial charge in [-0.2, -0.15) is 4.31 Å². The van der Waals surface area contributed by atoms with E-state index < -0.39 is 10.0 Å². The molecule has 1 saturated heterocycles. The monoisotopic (exact) mass is 461 g/mol. The molecule has 1 fully saturated rings. The second-order valence-electron chi connectivity index (χ2n) is 7.94. The molecule has 0 aliphatic carbocycles. The van der Waals surface area contributed by atoms with Crippen LogP contribution in [0.1, 0.15) is 27.9 Å². The molecule has 3 aromatic rings. The van der Waals surface area contributed by atoms with Gasteiger partial charge < -0.3 is 4.90 Å². The molecule has 2 aromatic heterocycles. The maximum Gasteiger partial charge on any atom is 0.244 e. The average Bonchev–Trinajstić information content (AvgIpc) is 3.24. The third kappa shape index (κ3) is 3.93. The molecule has 0 bridgehead atoms. The molecule has 160 valence electrons. The Morgan fingerprint density at radius 3 is 2.43 bits per heavy atom. The fourth-order valence-corrected chi connectivity index (χ4v) is 7.91. The Kier molecular flexibility index (Phi) is 5.78. The highest BCUT2D eigenvalue weighted by atomic mass is 32.2. The number of aryl methyl sites for hydroxylation is 4. The van der Waals surface area contributed by atoms with Gasteiger partial charge in [0.25, 0.3) is 0 Å². The number of piperazine rings is 1. The van der Waals surface area contributed by atoms with E-state index in [4.69, 9.17) is 0 Å². The molecule has 0 saturated carbocycles. The quantitative estimate of drug-likeness (QED) is 0.548. The van der Waals surface area contributed by atoms with E-state index in [1.54, 1.807) is 15.6 Å². The van der Waals surface area contributed by atoms with Gasteiger partial charge in [-0.3, -0.25) is 0 Å². The smallest absolute Gasteiger partial charge is 0.244 e. The summed E-state index contributed by atoms with van der Waals surface area (Å²) in [6.07, 6.45) is 0. The van der Waals surface area contributed by atoms with Crippen molar-refractivity contribution in [1.29, 1.82) is 0 Å². The topological polar surface area (TPSA) is 53.5 Å². The number of aromatic nitrogens is 1. The minimum absolute atomic E-state index is 0.109. The van der Waals surface area contributed by atoms with Crippen molar-refractivity contribution in [2.45, 2.75) is 45.6 Å². The van der Waals surface area contributed by atoms with Crippen LogP contribution in [0.3, 0.4) is 0 Å². The van der Waals surface area contributed by atoms with Gasteiger partial charge in [-0.1, -0.05) is 12.1 Å². The molecule has 1 aliphatic heterocycles. The van der Waals surface area contributed by atoms with E-state index >= 15 is 0 Å². The highest BCUT2D eigenvalue weighted by molar-refractivity contribution is 7.89. The molecule has 1 aromatic carbocycles. The fraction of sp³-hybridized carbons (Fsp3) is 0.409. The van der Waals surface area contributed by atoms with Crippen molar-refractivity contribution in [2.24, 2.45) is 0 Å². The maximum absolute atomic E-state index is 13.5. The number of thiazole rings is 1. The Balaban J connectivity index is 1.57. The van der Waals surface area contributed by atoms with Crippen LogP contribution in [-0.4, -0.2) is 43.4 Å². The minimum atomic E-state index is -3.54. The van der Waals surface area contributed by atoms with Gasteiger partial charge in [0.2, 0.25) is 10.0 Å². The molecule has 0 unspecified atom stereocenters. The molecule has 4 rings (SSSR count). The Hall–Kier alpha value is -1.74. The molecular weight excluding hydrogens is 434 g/mol. The third-order valence-corrected chi connectivity index (χ3v) is 10.1. The number of anilines is 1. The van der Waals surface area contributed by atoms with Crippen LogP contribution < -0.4 is 4.90 Å². The van der Waals surface area contributed by atoms with Gasteiger partial charge in [0, 0.05) is 41.1 Å². The molecule has 0 spiro atoms. The summed E-state index contributed by atoms with van der Waals surface area (Å²) in [5.41, 5.74) is 3.37. The molecule has 30 heavy (non-hydrogen) atoms. The molecule has 8 heteroatoms. The molecular formula is C22H27N3O2S3. The standard InChI is InChI=1S/C22H27N3O2S3/c1-14-7-6-8-19(11-14)25-10-9-24(13-15(25)2)30(26,27)21-12-20(28-18(21)5)22-23-16(3)17(4)29-22/h6-8,11-12,15H,9-10,13H2,1-5H3/t15-/m1/s1. The van der Waals surface area contributed by atoms with E-state index in [0.717, 1.165) is 26.1 Å². The predicted octanol–water partition coefficient (Wildman–Crippen LogP) is 5.00.